The van der Waals surface area contributed by atoms with Crippen LogP contribution in [0.1, 0.15) is 19.3 Å². The summed E-state index contributed by atoms with van der Waals surface area (Å²) >= 11 is 0. The lowest BCUT2D eigenvalue weighted by Gasteiger charge is -2.17. The van der Waals surface area contributed by atoms with Crippen molar-refractivity contribution in [1.29, 1.82) is 0 Å². The zero-order chi connectivity index (χ0) is 19.2. The Morgan fingerprint density at radius 3 is 2.35 bits per heavy atom. The van der Waals surface area contributed by atoms with Gasteiger partial charge in [0.05, 0.1) is 4.90 Å². The fourth-order valence-corrected chi connectivity index (χ4v) is 4.09. The summed E-state index contributed by atoms with van der Waals surface area (Å²) in [5.74, 6) is 0. The van der Waals surface area contributed by atoms with Gasteiger partial charge in [0.1, 0.15) is 0 Å². The van der Waals surface area contributed by atoms with Gasteiger partial charge < -0.3 is 15.3 Å². The third-order valence-electron chi connectivity index (χ3n) is 4.05. The van der Waals surface area contributed by atoms with Crippen molar-refractivity contribution >= 4 is 32.6 Å². The molecule has 142 valence electrons. The molecule has 0 atom stereocenters. The highest BCUT2D eigenvalue weighted by molar-refractivity contribution is 7.89. The summed E-state index contributed by atoms with van der Waals surface area (Å²) in [4.78, 5) is 12.6. The molecule has 26 heavy (non-hydrogen) atoms. The van der Waals surface area contributed by atoms with Gasteiger partial charge in [0.15, 0.2) is 0 Å². The first-order valence-electron chi connectivity index (χ1n) is 8.48. The highest BCUT2D eigenvalue weighted by Gasteiger charge is 2.17. The van der Waals surface area contributed by atoms with Crippen molar-refractivity contribution in [2.24, 2.45) is 0 Å². The molecular formula is C18H25N3O4S. The zero-order valence-corrected chi connectivity index (χ0v) is 15.8. The van der Waals surface area contributed by atoms with Crippen molar-refractivity contribution in [3.8, 4) is 0 Å². The molecule has 0 fully saturated rings. The Hall–Kier alpha value is -2.32. The van der Waals surface area contributed by atoms with E-state index in [9.17, 15) is 13.2 Å². The van der Waals surface area contributed by atoms with Crippen molar-refractivity contribution in [1.82, 2.24) is 10.0 Å². The molecule has 2 rings (SSSR count). The van der Waals surface area contributed by atoms with E-state index >= 15 is 0 Å². The van der Waals surface area contributed by atoms with Crippen molar-refractivity contribution in [3.63, 3.8) is 0 Å². The maximum absolute atomic E-state index is 12.7. The number of benzene rings is 2. The number of amides is 1. The summed E-state index contributed by atoms with van der Waals surface area (Å²) in [7, 11) is 0.234. The van der Waals surface area contributed by atoms with E-state index in [4.69, 9.17) is 5.11 Å². The van der Waals surface area contributed by atoms with Crippen molar-refractivity contribution in [3.05, 3.63) is 36.4 Å². The lowest BCUT2D eigenvalue weighted by atomic mass is 10.1. The SMILES string of the molecule is CN(C)c1cccc2c(S(=O)(=O)NCCCCCNC(=O)O)cccc12. The van der Waals surface area contributed by atoms with Gasteiger partial charge in [-0.3, -0.25) is 0 Å². The van der Waals surface area contributed by atoms with Crippen molar-refractivity contribution < 1.29 is 18.3 Å². The first-order chi connectivity index (χ1) is 12.3. The zero-order valence-electron chi connectivity index (χ0n) is 15.0. The predicted octanol–water partition coefficient (Wildman–Crippen LogP) is 2.62. The predicted molar refractivity (Wildman–Crippen MR) is 103 cm³/mol. The molecule has 2 aromatic carbocycles. The van der Waals surface area contributed by atoms with Crippen LogP contribution in [-0.2, 0) is 10.0 Å². The van der Waals surface area contributed by atoms with Gasteiger partial charge in [0, 0.05) is 43.6 Å². The van der Waals surface area contributed by atoms with Crippen LogP contribution in [-0.4, -0.2) is 46.8 Å². The number of hydrogen-bond acceptors (Lipinski definition) is 4. The molecule has 0 aliphatic heterocycles. The summed E-state index contributed by atoms with van der Waals surface area (Å²) in [6.07, 6.45) is 1.02. The first kappa shape index (κ1) is 20.0. The normalized spacial score (nSPS) is 11.5. The van der Waals surface area contributed by atoms with Crippen molar-refractivity contribution in [2.75, 3.05) is 32.1 Å². The molecule has 0 aliphatic rings. The van der Waals surface area contributed by atoms with Gasteiger partial charge in [0.2, 0.25) is 10.0 Å². The average Bonchev–Trinajstić information content (AvgIpc) is 2.59. The molecule has 0 aliphatic carbocycles. The summed E-state index contributed by atoms with van der Waals surface area (Å²) in [6.45, 7) is 0.692. The Morgan fingerprint density at radius 1 is 1.00 bits per heavy atom. The Balaban J connectivity index is 2.05. The quantitative estimate of drug-likeness (QED) is 0.582. The standard InChI is InChI=1S/C18H25N3O4S/c1-21(2)16-10-6-9-15-14(16)8-7-11-17(15)26(24,25)20-13-5-3-4-12-19-18(22)23/h6-11,19-20H,3-5,12-13H2,1-2H3,(H,22,23). The second kappa shape index (κ2) is 8.86. The third-order valence-corrected chi connectivity index (χ3v) is 5.57. The van der Waals surface area contributed by atoms with Gasteiger partial charge in [-0.2, -0.15) is 0 Å². The summed E-state index contributed by atoms with van der Waals surface area (Å²) in [5, 5.41) is 12.4. The van der Waals surface area contributed by atoms with Gasteiger partial charge in [-0.1, -0.05) is 30.7 Å². The van der Waals surface area contributed by atoms with Gasteiger partial charge in [-0.25, -0.2) is 17.9 Å². The van der Waals surface area contributed by atoms with Gasteiger partial charge >= 0.3 is 6.09 Å². The topological polar surface area (TPSA) is 98.7 Å². The number of carboxylic acid groups (broad SMARTS) is 1. The number of anilines is 1. The van der Waals surface area contributed by atoms with Crippen LogP contribution < -0.4 is 14.9 Å². The Morgan fingerprint density at radius 2 is 1.65 bits per heavy atom. The molecule has 3 N–H and O–H groups in total. The van der Waals surface area contributed by atoms with E-state index in [0.29, 0.717) is 31.3 Å². The van der Waals surface area contributed by atoms with E-state index in [2.05, 4.69) is 10.0 Å². The molecule has 7 nitrogen and oxygen atoms in total. The van der Waals surface area contributed by atoms with E-state index in [1.807, 2.05) is 43.3 Å². The van der Waals surface area contributed by atoms with Gasteiger partial charge in [-0.15, -0.1) is 0 Å². The molecule has 0 saturated heterocycles. The molecule has 0 saturated carbocycles. The lowest BCUT2D eigenvalue weighted by Crippen LogP contribution is -2.25. The average molecular weight is 379 g/mol. The highest BCUT2D eigenvalue weighted by Crippen LogP contribution is 2.30. The highest BCUT2D eigenvalue weighted by atomic mass is 32.2. The maximum Gasteiger partial charge on any atom is 0.404 e. The van der Waals surface area contributed by atoms with Crippen LogP contribution >= 0.6 is 0 Å². The van der Waals surface area contributed by atoms with Crippen LogP contribution in [0.15, 0.2) is 41.3 Å². The summed E-state index contributed by atoms with van der Waals surface area (Å²) in [6, 6.07) is 10.9. The summed E-state index contributed by atoms with van der Waals surface area (Å²) in [5.41, 5.74) is 0.963. The Bertz CT molecular complexity index is 866. The number of sulfonamides is 1. The van der Waals surface area contributed by atoms with Gasteiger partial charge in [-0.05, 0) is 25.0 Å². The fourth-order valence-electron chi connectivity index (χ4n) is 2.80. The Labute approximate surface area is 154 Å². The minimum atomic E-state index is -3.61. The third kappa shape index (κ3) is 5.09. The lowest BCUT2D eigenvalue weighted by molar-refractivity contribution is 0.194. The van der Waals surface area contributed by atoms with Crippen LogP contribution in [0.2, 0.25) is 0 Å². The van der Waals surface area contributed by atoms with E-state index in [1.165, 1.54) is 0 Å². The number of rotatable bonds is 9. The van der Waals surface area contributed by atoms with Crippen molar-refractivity contribution in [2.45, 2.75) is 24.2 Å². The summed E-state index contributed by atoms with van der Waals surface area (Å²) < 4.78 is 28.0. The second-order valence-corrected chi connectivity index (χ2v) is 7.95. The van der Waals surface area contributed by atoms with E-state index in [0.717, 1.165) is 17.5 Å². The maximum atomic E-state index is 12.7. The number of unbranched alkanes of at least 4 members (excludes halogenated alkanes) is 2. The molecule has 0 heterocycles. The van der Waals surface area contributed by atoms with Crippen LogP contribution in [0.3, 0.4) is 0 Å². The molecule has 0 aromatic heterocycles. The van der Waals surface area contributed by atoms with Gasteiger partial charge in [0.25, 0.3) is 0 Å². The van der Waals surface area contributed by atoms with E-state index < -0.39 is 16.1 Å². The van der Waals surface area contributed by atoms with Crippen LogP contribution in [0.5, 0.6) is 0 Å². The minimum absolute atomic E-state index is 0.270. The smallest absolute Gasteiger partial charge is 0.404 e. The van der Waals surface area contributed by atoms with Crippen LogP contribution in [0, 0.1) is 0 Å². The van der Waals surface area contributed by atoms with Crippen LogP contribution in [0.4, 0.5) is 10.5 Å². The van der Waals surface area contributed by atoms with Crippen LogP contribution in [0.25, 0.3) is 10.8 Å². The molecule has 0 spiro atoms. The number of nitrogens with one attached hydrogen (secondary N) is 2. The van der Waals surface area contributed by atoms with E-state index in [-0.39, 0.29) is 4.90 Å². The minimum Gasteiger partial charge on any atom is -0.465 e. The molecule has 2 aromatic rings. The van der Waals surface area contributed by atoms with E-state index in [1.54, 1.807) is 12.1 Å². The molecule has 0 bridgehead atoms. The first-order valence-corrected chi connectivity index (χ1v) is 9.97. The number of fused-ring (bicyclic) bond motifs is 1. The molecular weight excluding hydrogens is 354 g/mol. The number of carbonyl (C=O) groups is 1. The number of nitrogens with zero attached hydrogens (tertiary/aromatic N) is 1. The number of hydrogen-bond donors (Lipinski definition) is 3. The monoisotopic (exact) mass is 379 g/mol. The molecule has 8 heteroatoms. The second-order valence-electron chi connectivity index (χ2n) is 6.21. The molecule has 1 amide bonds. The largest absolute Gasteiger partial charge is 0.465 e. The molecule has 0 radical (unpaired) electrons. The Kier molecular flexibility index (Phi) is 6.82. The molecule has 0 unspecified atom stereocenters. The fraction of sp³-hybridized carbons (Fsp3) is 0.389.